The largest absolute Gasteiger partial charge is 0.390 e. The summed E-state index contributed by atoms with van der Waals surface area (Å²) >= 11 is 0. The van der Waals surface area contributed by atoms with E-state index in [0.29, 0.717) is 12.6 Å². The molecule has 5 nitrogen and oxygen atoms in total. The van der Waals surface area contributed by atoms with Crippen LogP contribution in [0.2, 0.25) is 0 Å². The van der Waals surface area contributed by atoms with Crippen LogP contribution in [-0.2, 0) is 4.79 Å². The summed E-state index contributed by atoms with van der Waals surface area (Å²) in [5.74, 6) is 0.269. The van der Waals surface area contributed by atoms with Crippen LogP contribution in [0, 0.1) is 0 Å². The molecular weight excluding hydrogens is 266 g/mol. The fourth-order valence-electron chi connectivity index (χ4n) is 3.28. The number of hydrogen-bond donors (Lipinski definition) is 1. The van der Waals surface area contributed by atoms with Crippen molar-refractivity contribution in [2.75, 3.05) is 45.8 Å². The van der Waals surface area contributed by atoms with E-state index in [1.807, 2.05) is 18.7 Å². The van der Waals surface area contributed by atoms with Crippen LogP contribution in [0.5, 0.6) is 0 Å². The van der Waals surface area contributed by atoms with E-state index in [2.05, 4.69) is 16.7 Å². The minimum atomic E-state index is -0.473. The molecule has 2 heterocycles. The summed E-state index contributed by atoms with van der Waals surface area (Å²) in [4.78, 5) is 18.6. The molecule has 0 aromatic carbocycles. The van der Waals surface area contributed by atoms with Crippen LogP contribution in [0.25, 0.3) is 0 Å². The molecule has 2 aliphatic rings. The zero-order chi connectivity index (χ0) is 15.5. The van der Waals surface area contributed by atoms with E-state index in [1.165, 1.54) is 0 Å². The average Bonchev–Trinajstić information content (AvgIpc) is 2.45. The van der Waals surface area contributed by atoms with Gasteiger partial charge in [0.2, 0.25) is 5.91 Å². The summed E-state index contributed by atoms with van der Waals surface area (Å²) in [7, 11) is 0. The lowest BCUT2D eigenvalue weighted by molar-refractivity contribution is -0.135. The van der Waals surface area contributed by atoms with Crippen molar-refractivity contribution in [2.24, 2.45) is 0 Å². The number of piperazine rings is 1. The van der Waals surface area contributed by atoms with Gasteiger partial charge in [-0.15, -0.1) is 0 Å². The number of likely N-dealkylation sites (N-methyl/N-ethyl adjacent to an activating group) is 1. The van der Waals surface area contributed by atoms with E-state index in [4.69, 9.17) is 0 Å². The van der Waals surface area contributed by atoms with Crippen molar-refractivity contribution in [1.82, 2.24) is 14.7 Å². The predicted octanol–water partition coefficient (Wildman–Crippen LogP) is 0.776. The quantitative estimate of drug-likeness (QED) is 0.814. The molecule has 1 unspecified atom stereocenters. The van der Waals surface area contributed by atoms with E-state index in [1.54, 1.807) is 0 Å². The molecule has 122 valence electrons. The maximum atomic E-state index is 11.9. The highest BCUT2D eigenvalue weighted by molar-refractivity contribution is 5.78. The van der Waals surface area contributed by atoms with Gasteiger partial charge in [-0.25, -0.2) is 0 Å². The van der Waals surface area contributed by atoms with Gasteiger partial charge in [-0.3, -0.25) is 9.69 Å². The molecule has 1 amide bonds. The van der Waals surface area contributed by atoms with E-state index in [9.17, 15) is 9.90 Å². The van der Waals surface area contributed by atoms with Crippen molar-refractivity contribution < 1.29 is 9.90 Å². The number of carbonyl (C=O) groups is 1. The first kappa shape index (κ1) is 16.7. The van der Waals surface area contributed by atoms with Crippen LogP contribution in [-0.4, -0.2) is 83.2 Å². The Balaban J connectivity index is 1.70. The first-order valence-corrected chi connectivity index (χ1v) is 8.38. The molecule has 5 heteroatoms. The Kier molecular flexibility index (Phi) is 5.63. The zero-order valence-corrected chi connectivity index (χ0v) is 13.8. The Morgan fingerprint density at radius 2 is 1.90 bits per heavy atom. The SMILES string of the molecule is CCN1CCN(CCC(C)N2CCC(C)(O)CC2)CC1=O. The van der Waals surface area contributed by atoms with Crippen molar-refractivity contribution in [3.8, 4) is 0 Å². The smallest absolute Gasteiger partial charge is 0.236 e. The Morgan fingerprint density at radius 3 is 2.48 bits per heavy atom. The molecule has 2 fully saturated rings. The molecule has 2 rings (SSSR count). The molecule has 1 atom stereocenters. The van der Waals surface area contributed by atoms with Gasteiger partial charge in [0.25, 0.3) is 0 Å². The second-order valence-electron chi connectivity index (χ2n) is 6.92. The van der Waals surface area contributed by atoms with Gasteiger partial charge in [-0.1, -0.05) is 0 Å². The summed E-state index contributed by atoms with van der Waals surface area (Å²) in [6.07, 6.45) is 2.83. The number of aliphatic hydroxyl groups is 1. The summed E-state index contributed by atoms with van der Waals surface area (Å²) in [6.45, 7) is 12.5. The van der Waals surface area contributed by atoms with Gasteiger partial charge >= 0.3 is 0 Å². The van der Waals surface area contributed by atoms with E-state index in [-0.39, 0.29) is 5.91 Å². The Bertz CT molecular complexity index is 349. The topological polar surface area (TPSA) is 47.0 Å². The molecule has 0 radical (unpaired) electrons. The highest BCUT2D eigenvalue weighted by Gasteiger charge is 2.29. The van der Waals surface area contributed by atoms with Gasteiger partial charge in [-0.2, -0.15) is 0 Å². The molecule has 0 saturated carbocycles. The van der Waals surface area contributed by atoms with Gasteiger partial charge in [-0.05, 0) is 40.0 Å². The van der Waals surface area contributed by atoms with Gasteiger partial charge in [0.15, 0.2) is 0 Å². The maximum absolute atomic E-state index is 11.9. The molecule has 0 aromatic heterocycles. The van der Waals surface area contributed by atoms with Gasteiger partial charge < -0.3 is 14.9 Å². The number of hydrogen-bond acceptors (Lipinski definition) is 4. The highest BCUT2D eigenvalue weighted by Crippen LogP contribution is 2.23. The summed E-state index contributed by atoms with van der Waals surface area (Å²) < 4.78 is 0. The second kappa shape index (κ2) is 7.07. The molecule has 2 saturated heterocycles. The molecule has 2 aliphatic heterocycles. The number of rotatable bonds is 5. The van der Waals surface area contributed by atoms with E-state index < -0.39 is 5.60 Å². The van der Waals surface area contributed by atoms with Crippen molar-refractivity contribution in [3.63, 3.8) is 0 Å². The third-order valence-electron chi connectivity index (χ3n) is 5.14. The summed E-state index contributed by atoms with van der Waals surface area (Å²) in [6, 6.07) is 0.528. The fourth-order valence-corrected chi connectivity index (χ4v) is 3.28. The molecule has 0 aliphatic carbocycles. The van der Waals surface area contributed by atoms with Crippen LogP contribution in [0.4, 0.5) is 0 Å². The third kappa shape index (κ3) is 4.66. The predicted molar refractivity (Wildman–Crippen MR) is 84.2 cm³/mol. The number of piperidine rings is 1. The van der Waals surface area contributed by atoms with E-state index in [0.717, 1.165) is 58.5 Å². The Hall–Kier alpha value is -0.650. The maximum Gasteiger partial charge on any atom is 0.236 e. The first-order chi connectivity index (χ1) is 9.91. The number of likely N-dealkylation sites (tertiary alicyclic amines) is 1. The fraction of sp³-hybridized carbons (Fsp3) is 0.938. The highest BCUT2D eigenvalue weighted by atomic mass is 16.3. The molecule has 1 N–H and O–H groups in total. The molecule has 21 heavy (non-hydrogen) atoms. The van der Waals surface area contributed by atoms with Crippen molar-refractivity contribution >= 4 is 5.91 Å². The van der Waals surface area contributed by atoms with Crippen LogP contribution >= 0.6 is 0 Å². The van der Waals surface area contributed by atoms with Crippen molar-refractivity contribution in [1.29, 1.82) is 0 Å². The lowest BCUT2D eigenvalue weighted by Crippen LogP contribution is -2.51. The van der Waals surface area contributed by atoms with Crippen molar-refractivity contribution in [2.45, 2.75) is 51.7 Å². The third-order valence-corrected chi connectivity index (χ3v) is 5.14. The molecule has 0 aromatic rings. The molecular formula is C16H31N3O2. The van der Waals surface area contributed by atoms with Gasteiger partial charge in [0, 0.05) is 45.3 Å². The Morgan fingerprint density at radius 1 is 1.24 bits per heavy atom. The van der Waals surface area contributed by atoms with Gasteiger partial charge in [0.05, 0.1) is 12.1 Å². The summed E-state index contributed by atoms with van der Waals surface area (Å²) in [5.41, 5.74) is -0.473. The molecule has 0 bridgehead atoms. The average molecular weight is 297 g/mol. The minimum Gasteiger partial charge on any atom is -0.390 e. The summed E-state index contributed by atoms with van der Waals surface area (Å²) in [5, 5.41) is 10.0. The Labute approximate surface area is 128 Å². The van der Waals surface area contributed by atoms with Gasteiger partial charge in [0.1, 0.15) is 0 Å². The van der Waals surface area contributed by atoms with Crippen molar-refractivity contribution in [3.05, 3.63) is 0 Å². The number of amides is 1. The lowest BCUT2D eigenvalue weighted by atomic mass is 9.93. The number of carbonyl (C=O) groups excluding carboxylic acids is 1. The van der Waals surface area contributed by atoms with Crippen LogP contribution in [0.1, 0.15) is 40.0 Å². The number of nitrogens with zero attached hydrogens (tertiary/aromatic N) is 3. The van der Waals surface area contributed by atoms with E-state index >= 15 is 0 Å². The first-order valence-electron chi connectivity index (χ1n) is 8.38. The zero-order valence-electron chi connectivity index (χ0n) is 13.8. The lowest BCUT2D eigenvalue weighted by Gasteiger charge is -2.40. The van der Waals surface area contributed by atoms with Crippen LogP contribution < -0.4 is 0 Å². The van der Waals surface area contributed by atoms with Crippen LogP contribution in [0.3, 0.4) is 0 Å². The standard InChI is InChI=1S/C16H31N3O2/c1-4-18-12-11-17(13-15(18)20)8-5-14(2)19-9-6-16(3,21)7-10-19/h14,21H,4-13H2,1-3H3. The normalized spacial score (nSPS) is 26.1. The monoisotopic (exact) mass is 297 g/mol. The minimum absolute atomic E-state index is 0.269. The second-order valence-corrected chi connectivity index (χ2v) is 6.92. The molecule has 0 spiro atoms. The van der Waals surface area contributed by atoms with Crippen LogP contribution in [0.15, 0.2) is 0 Å².